The van der Waals surface area contributed by atoms with Gasteiger partial charge in [-0.15, -0.1) is 23.1 Å². The van der Waals surface area contributed by atoms with Gasteiger partial charge in [0.1, 0.15) is 11.6 Å². The molecule has 2 aromatic rings. The van der Waals surface area contributed by atoms with E-state index in [2.05, 4.69) is 5.32 Å². The molecule has 1 N–H and O–H groups in total. The van der Waals surface area contributed by atoms with Crippen LogP contribution in [0.2, 0.25) is 0 Å². The van der Waals surface area contributed by atoms with Crippen LogP contribution < -0.4 is 5.32 Å². The van der Waals surface area contributed by atoms with Crippen LogP contribution in [-0.4, -0.2) is 35.6 Å². The van der Waals surface area contributed by atoms with Gasteiger partial charge in [0.25, 0.3) is 0 Å². The third kappa shape index (κ3) is 6.13. The van der Waals surface area contributed by atoms with Crippen molar-refractivity contribution in [2.45, 2.75) is 18.4 Å². The summed E-state index contributed by atoms with van der Waals surface area (Å²) in [7, 11) is 0. The molecular weight excluding hydrogens is 366 g/mol. The van der Waals surface area contributed by atoms with Crippen LogP contribution in [0.4, 0.5) is 8.78 Å². The smallest absolute Gasteiger partial charge is 0.239 e. The lowest BCUT2D eigenvalue weighted by Gasteiger charge is -2.20. The summed E-state index contributed by atoms with van der Waals surface area (Å²) in [5, 5.41) is 4.69. The molecule has 1 aromatic carbocycles. The Labute approximate surface area is 153 Å². The third-order valence-corrected chi connectivity index (χ3v) is 5.26. The highest BCUT2D eigenvalue weighted by Crippen LogP contribution is 2.22. The van der Waals surface area contributed by atoms with Gasteiger partial charge in [-0.3, -0.25) is 9.59 Å². The first-order valence-electron chi connectivity index (χ1n) is 7.64. The summed E-state index contributed by atoms with van der Waals surface area (Å²) in [4.78, 5) is 26.8. The highest BCUT2D eigenvalue weighted by molar-refractivity contribution is 8.00. The van der Waals surface area contributed by atoms with Gasteiger partial charge in [0.2, 0.25) is 11.8 Å². The quantitative estimate of drug-likeness (QED) is 0.711. The number of amides is 2. The molecule has 0 bridgehead atoms. The molecule has 0 atom stereocenters. The average Bonchev–Trinajstić information content (AvgIpc) is 3.10. The fourth-order valence-electron chi connectivity index (χ4n) is 2.03. The van der Waals surface area contributed by atoms with Gasteiger partial charge in [0.15, 0.2) is 0 Å². The Bertz CT molecular complexity index is 723. The molecule has 8 heteroatoms. The second-order valence-corrected chi connectivity index (χ2v) is 7.18. The first kappa shape index (κ1) is 19.4. The minimum Gasteiger partial charge on any atom is -0.350 e. The molecule has 0 saturated carbocycles. The normalized spacial score (nSPS) is 10.5. The Morgan fingerprint density at radius 3 is 2.72 bits per heavy atom. The number of nitrogens with one attached hydrogen (secondary N) is 1. The van der Waals surface area contributed by atoms with Crippen LogP contribution in [0.25, 0.3) is 0 Å². The first-order valence-corrected chi connectivity index (χ1v) is 9.50. The van der Waals surface area contributed by atoms with E-state index >= 15 is 0 Å². The number of benzene rings is 1. The van der Waals surface area contributed by atoms with Gasteiger partial charge in [0.05, 0.1) is 18.8 Å². The van der Waals surface area contributed by atoms with E-state index in [9.17, 15) is 18.4 Å². The van der Waals surface area contributed by atoms with Crippen molar-refractivity contribution in [1.82, 2.24) is 10.2 Å². The van der Waals surface area contributed by atoms with Crippen molar-refractivity contribution in [2.75, 3.05) is 18.8 Å². The zero-order valence-corrected chi connectivity index (χ0v) is 15.3. The van der Waals surface area contributed by atoms with E-state index in [0.29, 0.717) is 13.1 Å². The number of carbonyl (C=O) groups excluding carboxylic acids is 2. The second-order valence-electron chi connectivity index (χ2n) is 5.13. The highest BCUT2D eigenvalue weighted by atomic mass is 32.2. The lowest BCUT2D eigenvalue weighted by molar-refractivity contribution is -0.133. The zero-order chi connectivity index (χ0) is 18.2. The maximum atomic E-state index is 13.6. The highest BCUT2D eigenvalue weighted by Gasteiger charge is 2.16. The van der Waals surface area contributed by atoms with Gasteiger partial charge < -0.3 is 10.2 Å². The number of thioether (sulfide) groups is 1. The molecule has 2 rings (SSSR count). The summed E-state index contributed by atoms with van der Waals surface area (Å²) in [6, 6.07) is 7.04. The van der Waals surface area contributed by atoms with E-state index < -0.39 is 11.6 Å². The van der Waals surface area contributed by atoms with Crippen LogP contribution in [0.3, 0.4) is 0 Å². The van der Waals surface area contributed by atoms with Crippen molar-refractivity contribution in [3.8, 4) is 0 Å². The van der Waals surface area contributed by atoms with Gasteiger partial charge in [-0.2, -0.15) is 0 Å². The molecule has 0 aliphatic carbocycles. The number of rotatable bonds is 8. The molecule has 0 fully saturated rings. The Morgan fingerprint density at radius 1 is 1.28 bits per heavy atom. The standard InChI is InChI=1S/C17H18F2N2O2S2/c1-2-21(10-16(22)20-9-13-4-3-7-24-13)17(23)11-25-15-6-5-12(18)8-14(15)19/h3-8H,2,9-11H2,1H3,(H,20,22). The van der Waals surface area contributed by atoms with Crippen molar-refractivity contribution in [2.24, 2.45) is 0 Å². The summed E-state index contributed by atoms with van der Waals surface area (Å²) in [6.45, 7) is 2.52. The molecule has 0 saturated heterocycles. The maximum Gasteiger partial charge on any atom is 0.239 e. The van der Waals surface area contributed by atoms with E-state index in [1.165, 1.54) is 11.0 Å². The predicted octanol–water partition coefficient (Wildman–Crippen LogP) is 3.28. The number of hydrogen-bond donors (Lipinski definition) is 1. The minimum absolute atomic E-state index is 0.0192. The van der Waals surface area contributed by atoms with Crippen LogP contribution >= 0.6 is 23.1 Å². The van der Waals surface area contributed by atoms with E-state index in [4.69, 9.17) is 0 Å². The van der Waals surface area contributed by atoms with Crippen molar-refractivity contribution >= 4 is 34.9 Å². The van der Waals surface area contributed by atoms with Gasteiger partial charge in [-0.25, -0.2) is 8.78 Å². The van der Waals surface area contributed by atoms with E-state index in [0.717, 1.165) is 28.8 Å². The summed E-state index contributed by atoms with van der Waals surface area (Å²) in [6.07, 6.45) is 0. The number of thiophene rings is 1. The zero-order valence-electron chi connectivity index (χ0n) is 13.6. The number of likely N-dealkylation sites (N-methyl/N-ethyl adjacent to an activating group) is 1. The minimum atomic E-state index is -0.700. The number of carbonyl (C=O) groups is 2. The molecule has 134 valence electrons. The van der Waals surface area contributed by atoms with Crippen molar-refractivity contribution < 1.29 is 18.4 Å². The Hall–Kier alpha value is -1.93. The van der Waals surface area contributed by atoms with Crippen LogP contribution in [0.5, 0.6) is 0 Å². The molecule has 0 spiro atoms. The first-order chi connectivity index (χ1) is 12.0. The van der Waals surface area contributed by atoms with Gasteiger partial charge in [-0.05, 0) is 30.5 Å². The number of hydrogen-bond acceptors (Lipinski definition) is 4. The molecule has 1 aromatic heterocycles. The molecular formula is C17H18F2N2O2S2. The van der Waals surface area contributed by atoms with Gasteiger partial charge >= 0.3 is 0 Å². The van der Waals surface area contributed by atoms with E-state index in [1.54, 1.807) is 18.3 Å². The molecule has 0 unspecified atom stereocenters. The fourth-order valence-corrected chi connectivity index (χ4v) is 3.49. The van der Waals surface area contributed by atoms with Crippen molar-refractivity contribution in [1.29, 1.82) is 0 Å². The Kier molecular flexibility index (Phi) is 7.39. The predicted molar refractivity (Wildman–Crippen MR) is 95.5 cm³/mol. The lowest BCUT2D eigenvalue weighted by atomic mass is 10.3. The Morgan fingerprint density at radius 2 is 2.08 bits per heavy atom. The molecule has 0 aliphatic heterocycles. The second kappa shape index (κ2) is 9.53. The maximum absolute atomic E-state index is 13.6. The van der Waals surface area contributed by atoms with Crippen molar-refractivity contribution in [3.63, 3.8) is 0 Å². The SMILES string of the molecule is CCN(CC(=O)NCc1cccs1)C(=O)CSc1ccc(F)cc1F. The van der Waals surface area contributed by atoms with Crippen LogP contribution in [0, 0.1) is 11.6 Å². The van der Waals surface area contributed by atoms with E-state index in [1.807, 2.05) is 17.5 Å². The molecule has 25 heavy (non-hydrogen) atoms. The summed E-state index contributed by atoms with van der Waals surface area (Å²) < 4.78 is 26.5. The molecule has 0 aliphatic rings. The van der Waals surface area contributed by atoms with Crippen molar-refractivity contribution in [3.05, 3.63) is 52.2 Å². The Balaban J connectivity index is 1.82. The topological polar surface area (TPSA) is 49.4 Å². The monoisotopic (exact) mass is 384 g/mol. The molecule has 0 radical (unpaired) electrons. The lowest BCUT2D eigenvalue weighted by Crippen LogP contribution is -2.41. The summed E-state index contributed by atoms with van der Waals surface area (Å²) in [5.74, 6) is -1.90. The van der Waals surface area contributed by atoms with Crippen LogP contribution in [0.1, 0.15) is 11.8 Å². The van der Waals surface area contributed by atoms with Gasteiger partial charge in [-0.1, -0.05) is 6.07 Å². The summed E-state index contributed by atoms with van der Waals surface area (Å²) >= 11 is 2.53. The largest absolute Gasteiger partial charge is 0.350 e. The van der Waals surface area contributed by atoms with Crippen LogP contribution in [0.15, 0.2) is 40.6 Å². The van der Waals surface area contributed by atoms with Crippen LogP contribution in [-0.2, 0) is 16.1 Å². The molecule has 4 nitrogen and oxygen atoms in total. The average molecular weight is 384 g/mol. The van der Waals surface area contributed by atoms with E-state index in [-0.39, 0.29) is 29.0 Å². The third-order valence-electron chi connectivity index (χ3n) is 3.35. The summed E-state index contributed by atoms with van der Waals surface area (Å²) in [5.41, 5.74) is 0. The number of halogens is 2. The fraction of sp³-hybridized carbons (Fsp3) is 0.294. The number of nitrogens with zero attached hydrogens (tertiary/aromatic N) is 1. The van der Waals surface area contributed by atoms with Gasteiger partial charge in [0, 0.05) is 22.4 Å². The molecule has 2 amide bonds. The molecule has 1 heterocycles.